The van der Waals surface area contributed by atoms with E-state index < -0.39 is 0 Å². The van der Waals surface area contributed by atoms with Gasteiger partial charge in [0.1, 0.15) is 5.82 Å². The fourth-order valence-electron chi connectivity index (χ4n) is 4.37. The van der Waals surface area contributed by atoms with Crippen LogP contribution in [0.1, 0.15) is 24.2 Å². The van der Waals surface area contributed by atoms with Gasteiger partial charge in [-0.2, -0.15) is 0 Å². The van der Waals surface area contributed by atoms with Gasteiger partial charge in [-0.1, -0.05) is 35.9 Å². The lowest BCUT2D eigenvalue weighted by Crippen LogP contribution is -2.30. The van der Waals surface area contributed by atoms with Crippen molar-refractivity contribution in [2.75, 3.05) is 13.1 Å². The Morgan fingerprint density at radius 3 is 2.67 bits per heavy atom. The zero-order valence-electron chi connectivity index (χ0n) is 14.2. The normalized spacial score (nSPS) is 20.8. The number of aryl methyl sites for hydroxylation is 1. The summed E-state index contributed by atoms with van der Waals surface area (Å²) in [6.07, 6.45) is 3.79. The quantitative estimate of drug-likeness (QED) is 0.675. The monoisotopic (exact) mass is 317 g/mol. The molecule has 0 radical (unpaired) electrons. The molecule has 2 aliphatic heterocycles. The highest BCUT2D eigenvalue weighted by atomic mass is 15.2. The number of fused-ring (bicyclic) bond motifs is 4. The third-order valence-electron chi connectivity index (χ3n) is 5.74. The highest BCUT2D eigenvalue weighted by molar-refractivity contribution is 5.82. The topological polar surface area (TPSA) is 21.1 Å². The Morgan fingerprint density at radius 2 is 1.79 bits per heavy atom. The highest BCUT2D eigenvalue weighted by Crippen LogP contribution is 2.29. The van der Waals surface area contributed by atoms with Gasteiger partial charge in [-0.15, -0.1) is 0 Å². The van der Waals surface area contributed by atoms with Crippen molar-refractivity contribution in [2.45, 2.75) is 38.8 Å². The molecule has 0 saturated carbocycles. The molecule has 1 aromatic heterocycles. The summed E-state index contributed by atoms with van der Waals surface area (Å²) >= 11 is 0. The second-order valence-corrected chi connectivity index (χ2v) is 7.29. The van der Waals surface area contributed by atoms with Crippen LogP contribution in [0.15, 0.2) is 42.5 Å². The molecule has 0 amide bonds. The zero-order chi connectivity index (χ0) is 16.1. The van der Waals surface area contributed by atoms with Crippen LogP contribution in [0.3, 0.4) is 0 Å². The highest BCUT2D eigenvalue weighted by Gasteiger charge is 2.29. The number of benzene rings is 2. The molecule has 0 spiro atoms. The first kappa shape index (κ1) is 14.2. The van der Waals surface area contributed by atoms with Gasteiger partial charge >= 0.3 is 0 Å². The van der Waals surface area contributed by atoms with Crippen LogP contribution in [0, 0.1) is 6.92 Å². The van der Waals surface area contributed by atoms with Gasteiger partial charge in [0, 0.05) is 25.6 Å². The minimum absolute atomic E-state index is 0.708. The molecule has 3 heterocycles. The summed E-state index contributed by atoms with van der Waals surface area (Å²) in [6.45, 7) is 5.64. The van der Waals surface area contributed by atoms with Crippen molar-refractivity contribution in [3.05, 3.63) is 53.9 Å². The fraction of sp³-hybridized carbons (Fsp3) is 0.381. The van der Waals surface area contributed by atoms with E-state index in [1.54, 1.807) is 0 Å². The molecule has 2 aromatic carbocycles. The van der Waals surface area contributed by atoms with Crippen LogP contribution < -0.4 is 0 Å². The molecular formula is C21H23N3. The maximum Gasteiger partial charge on any atom is 0.111 e. The Balaban J connectivity index is 1.56. The van der Waals surface area contributed by atoms with Gasteiger partial charge in [0.25, 0.3) is 0 Å². The molecule has 0 aliphatic carbocycles. The largest absolute Gasteiger partial charge is 0.327 e. The van der Waals surface area contributed by atoms with Gasteiger partial charge in [-0.3, -0.25) is 4.90 Å². The van der Waals surface area contributed by atoms with Crippen LogP contribution in [0.5, 0.6) is 0 Å². The third-order valence-corrected chi connectivity index (χ3v) is 5.74. The van der Waals surface area contributed by atoms with E-state index in [4.69, 9.17) is 4.98 Å². The lowest BCUT2D eigenvalue weighted by Gasteiger charge is -2.20. The first-order chi connectivity index (χ1) is 11.8. The number of imidazole rings is 1. The second kappa shape index (κ2) is 5.45. The van der Waals surface area contributed by atoms with Crippen LogP contribution >= 0.6 is 0 Å². The van der Waals surface area contributed by atoms with Crippen LogP contribution in [-0.4, -0.2) is 33.6 Å². The van der Waals surface area contributed by atoms with Gasteiger partial charge in [0.2, 0.25) is 0 Å². The minimum atomic E-state index is 0.708. The van der Waals surface area contributed by atoms with Gasteiger partial charge < -0.3 is 4.57 Å². The molecular weight excluding hydrogens is 294 g/mol. The van der Waals surface area contributed by atoms with E-state index in [0.717, 1.165) is 18.5 Å². The predicted octanol–water partition coefficient (Wildman–Crippen LogP) is 4.03. The average molecular weight is 317 g/mol. The van der Waals surface area contributed by atoms with Crippen molar-refractivity contribution in [1.29, 1.82) is 0 Å². The van der Waals surface area contributed by atoms with Crippen molar-refractivity contribution < 1.29 is 0 Å². The molecule has 0 unspecified atom stereocenters. The van der Waals surface area contributed by atoms with Crippen LogP contribution in [-0.2, 0) is 13.0 Å². The molecule has 2 aliphatic rings. The lowest BCUT2D eigenvalue weighted by atomic mass is 10.0. The summed E-state index contributed by atoms with van der Waals surface area (Å²) in [7, 11) is 0. The number of hydrogen-bond donors (Lipinski definition) is 0. The van der Waals surface area contributed by atoms with Gasteiger partial charge in [0.15, 0.2) is 0 Å². The molecule has 1 fully saturated rings. The van der Waals surface area contributed by atoms with E-state index in [2.05, 4.69) is 58.9 Å². The maximum absolute atomic E-state index is 5.01. The van der Waals surface area contributed by atoms with Gasteiger partial charge in [0.05, 0.1) is 11.0 Å². The summed E-state index contributed by atoms with van der Waals surface area (Å²) in [6, 6.07) is 16.2. The molecule has 3 heteroatoms. The summed E-state index contributed by atoms with van der Waals surface area (Å²) in [5.74, 6) is 1.28. The minimum Gasteiger partial charge on any atom is -0.327 e. The Kier molecular flexibility index (Phi) is 3.23. The Labute approximate surface area is 142 Å². The van der Waals surface area contributed by atoms with Crippen molar-refractivity contribution in [2.24, 2.45) is 0 Å². The first-order valence-electron chi connectivity index (χ1n) is 9.08. The van der Waals surface area contributed by atoms with Crippen molar-refractivity contribution in [1.82, 2.24) is 14.5 Å². The molecule has 1 atom stereocenters. The van der Waals surface area contributed by atoms with Gasteiger partial charge in [-0.25, -0.2) is 4.98 Å². The first-order valence-corrected chi connectivity index (χ1v) is 9.08. The Hall–Kier alpha value is -2.13. The molecule has 122 valence electrons. The SMILES string of the molecule is Cc1ccc(-c2ccc3c(c2)nc2n3CCN3CCC[C@H]3C2)cc1. The zero-order valence-corrected chi connectivity index (χ0v) is 14.2. The lowest BCUT2D eigenvalue weighted by molar-refractivity contribution is 0.258. The second-order valence-electron chi connectivity index (χ2n) is 7.29. The number of rotatable bonds is 1. The number of hydrogen-bond acceptors (Lipinski definition) is 2. The van der Waals surface area contributed by atoms with Crippen molar-refractivity contribution in [3.8, 4) is 11.1 Å². The van der Waals surface area contributed by atoms with E-state index in [-0.39, 0.29) is 0 Å². The van der Waals surface area contributed by atoms with Crippen LogP contribution in [0.4, 0.5) is 0 Å². The summed E-state index contributed by atoms with van der Waals surface area (Å²) < 4.78 is 2.45. The summed E-state index contributed by atoms with van der Waals surface area (Å²) in [5, 5.41) is 0. The third kappa shape index (κ3) is 2.27. The molecule has 3 aromatic rings. The molecule has 1 saturated heterocycles. The van der Waals surface area contributed by atoms with E-state index in [9.17, 15) is 0 Å². The molecule has 5 rings (SSSR count). The Morgan fingerprint density at radius 1 is 0.958 bits per heavy atom. The standard InChI is InChI=1S/C21H23N3/c1-15-4-6-16(7-5-15)17-8-9-20-19(13-17)22-21-14-18-3-2-10-23(18)11-12-24(20)21/h4-9,13,18H,2-3,10-12,14H2,1H3/t18-/m0/s1. The van der Waals surface area contributed by atoms with E-state index >= 15 is 0 Å². The molecule has 0 bridgehead atoms. The number of aromatic nitrogens is 2. The smallest absolute Gasteiger partial charge is 0.111 e. The van der Waals surface area contributed by atoms with Crippen LogP contribution in [0.25, 0.3) is 22.2 Å². The van der Waals surface area contributed by atoms with E-state index in [0.29, 0.717) is 6.04 Å². The molecule has 24 heavy (non-hydrogen) atoms. The van der Waals surface area contributed by atoms with Crippen LogP contribution in [0.2, 0.25) is 0 Å². The molecule has 3 nitrogen and oxygen atoms in total. The summed E-state index contributed by atoms with van der Waals surface area (Å²) in [4.78, 5) is 7.67. The van der Waals surface area contributed by atoms with E-state index in [1.807, 2.05) is 0 Å². The molecule has 0 N–H and O–H groups in total. The fourth-order valence-corrected chi connectivity index (χ4v) is 4.37. The van der Waals surface area contributed by atoms with Gasteiger partial charge in [-0.05, 0) is 49.6 Å². The predicted molar refractivity (Wildman–Crippen MR) is 98.2 cm³/mol. The Bertz CT molecular complexity index is 891. The average Bonchev–Trinajstić information content (AvgIpc) is 3.13. The number of nitrogens with zero attached hydrogens (tertiary/aromatic N) is 3. The van der Waals surface area contributed by atoms with E-state index in [1.165, 1.54) is 54.0 Å². The maximum atomic E-state index is 5.01. The van der Waals surface area contributed by atoms with Crippen molar-refractivity contribution in [3.63, 3.8) is 0 Å². The van der Waals surface area contributed by atoms with Crippen molar-refractivity contribution >= 4 is 11.0 Å². The summed E-state index contributed by atoms with van der Waals surface area (Å²) in [5.41, 5.74) is 6.28.